The highest BCUT2D eigenvalue weighted by atomic mass is 19.1. The van der Waals surface area contributed by atoms with Crippen LogP contribution in [0, 0.1) is 5.82 Å². The monoisotopic (exact) mass is 323 g/mol. The Morgan fingerprint density at radius 2 is 1.91 bits per heavy atom. The Morgan fingerprint density at radius 1 is 1.30 bits per heavy atom. The van der Waals surface area contributed by atoms with Crippen LogP contribution in [0.3, 0.4) is 0 Å². The Kier molecular flexibility index (Phi) is 6.72. The first kappa shape index (κ1) is 18.1. The number of rotatable bonds is 8. The Hall–Kier alpha value is -2.90. The smallest absolute Gasteiger partial charge is 0.326 e. The van der Waals surface area contributed by atoms with Gasteiger partial charge in [0, 0.05) is 6.42 Å². The summed E-state index contributed by atoms with van der Waals surface area (Å²) in [5.41, 5.74) is 8.27. The molecule has 9 heteroatoms. The largest absolute Gasteiger partial charge is 0.480 e. The van der Waals surface area contributed by atoms with Crippen LogP contribution in [0.15, 0.2) is 24.3 Å². The quantitative estimate of drug-likeness (QED) is 0.353. The molecule has 122 valence electrons. The fourth-order valence-electron chi connectivity index (χ4n) is 1.72. The molecule has 0 aliphatic carbocycles. The summed E-state index contributed by atoms with van der Waals surface area (Å²) in [6.07, 6.45) is -1.57. The normalized spacial score (nSPS) is 12.6. The summed E-state index contributed by atoms with van der Waals surface area (Å²) in [6, 6.07) is 3.07. The minimum Gasteiger partial charge on any atom is -0.480 e. The third kappa shape index (κ3) is 5.77. The van der Waals surface area contributed by atoms with Crippen LogP contribution in [0.2, 0.25) is 0 Å². The number of aliphatic carboxylic acids is 1. The topological polar surface area (TPSA) is 140 Å². The number of hydrogen-bond donors (Lipinski definition) is 3. The van der Waals surface area contributed by atoms with Gasteiger partial charge >= 0.3 is 12.2 Å². The van der Waals surface area contributed by atoms with Gasteiger partial charge in [-0.3, -0.25) is 9.59 Å². The van der Waals surface area contributed by atoms with E-state index in [1.807, 2.05) is 0 Å². The average molecular weight is 323 g/mol. The van der Waals surface area contributed by atoms with Crippen LogP contribution in [0.25, 0.3) is 5.53 Å². The number of halogens is 1. The SMILES string of the molecule is [N-]=[N+]=CC(=O)CC[C@H](NC(=O)[C@@H](O)c1ccc(F)cc1)C(=O)O. The second kappa shape index (κ2) is 8.52. The number of carbonyl (C=O) groups excluding carboxylic acids is 2. The van der Waals surface area contributed by atoms with Crippen molar-refractivity contribution in [1.82, 2.24) is 5.32 Å². The van der Waals surface area contributed by atoms with E-state index in [9.17, 15) is 23.9 Å². The number of hydrogen-bond acceptors (Lipinski definition) is 4. The van der Waals surface area contributed by atoms with Gasteiger partial charge in [-0.25, -0.2) is 9.18 Å². The molecule has 1 rings (SSSR count). The molecule has 8 nitrogen and oxygen atoms in total. The number of carboxylic acids is 1. The second-order valence-electron chi connectivity index (χ2n) is 4.60. The van der Waals surface area contributed by atoms with Gasteiger partial charge in [-0.15, -0.1) is 0 Å². The number of amides is 1. The third-order valence-corrected chi connectivity index (χ3v) is 2.93. The summed E-state index contributed by atoms with van der Waals surface area (Å²) < 4.78 is 12.8. The summed E-state index contributed by atoms with van der Waals surface area (Å²) in [6.45, 7) is 0. The maximum atomic E-state index is 12.8. The third-order valence-electron chi connectivity index (χ3n) is 2.93. The molecule has 0 saturated heterocycles. The summed E-state index contributed by atoms with van der Waals surface area (Å²) in [4.78, 5) is 36.6. The lowest BCUT2D eigenvalue weighted by molar-refractivity contribution is -0.143. The minimum atomic E-state index is -1.67. The molecule has 2 atom stereocenters. The number of aliphatic hydroxyl groups is 1. The molecular weight excluding hydrogens is 309 g/mol. The van der Waals surface area contributed by atoms with E-state index in [0.717, 1.165) is 12.1 Å². The molecule has 0 unspecified atom stereocenters. The van der Waals surface area contributed by atoms with E-state index in [1.165, 1.54) is 12.1 Å². The van der Waals surface area contributed by atoms with Crippen LogP contribution in [0.5, 0.6) is 0 Å². The van der Waals surface area contributed by atoms with E-state index in [0.29, 0.717) is 6.21 Å². The summed E-state index contributed by atoms with van der Waals surface area (Å²) in [5, 5.41) is 20.9. The molecule has 0 bridgehead atoms. The maximum Gasteiger partial charge on any atom is 0.326 e. The van der Waals surface area contributed by atoms with Crippen LogP contribution in [0.1, 0.15) is 24.5 Å². The molecule has 0 aromatic heterocycles. The molecular formula is C14H14FN3O5. The fourth-order valence-corrected chi connectivity index (χ4v) is 1.72. The van der Waals surface area contributed by atoms with Crippen molar-refractivity contribution in [3.05, 3.63) is 41.2 Å². The lowest BCUT2D eigenvalue weighted by atomic mass is 10.1. The molecule has 0 aliphatic rings. The zero-order chi connectivity index (χ0) is 17.4. The predicted octanol–water partition coefficient (Wildman–Crippen LogP) is 0.0784. The van der Waals surface area contributed by atoms with Crippen molar-refractivity contribution in [3.8, 4) is 0 Å². The number of Topliss-reactive ketones (excluding diaryl/α,β-unsaturated/α-hetero) is 1. The summed E-state index contributed by atoms with van der Waals surface area (Å²) in [5.74, 6) is -3.55. The van der Waals surface area contributed by atoms with Gasteiger partial charge in [-0.2, -0.15) is 4.79 Å². The Bertz CT molecular complexity index is 640. The number of carboxylic acid groups (broad SMARTS) is 1. The van der Waals surface area contributed by atoms with Crippen molar-refractivity contribution in [2.45, 2.75) is 25.0 Å². The van der Waals surface area contributed by atoms with Crippen molar-refractivity contribution >= 4 is 23.9 Å². The molecule has 0 fully saturated rings. The first-order chi connectivity index (χ1) is 10.8. The predicted molar refractivity (Wildman–Crippen MR) is 74.9 cm³/mol. The van der Waals surface area contributed by atoms with Crippen LogP contribution < -0.4 is 5.32 Å². The first-order valence-electron chi connectivity index (χ1n) is 6.52. The Morgan fingerprint density at radius 3 is 2.43 bits per heavy atom. The van der Waals surface area contributed by atoms with Crippen molar-refractivity contribution in [3.63, 3.8) is 0 Å². The highest BCUT2D eigenvalue weighted by Gasteiger charge is 2.25. The average Bonchev–Trinajstić information content (AvgIpc) is 2.51. The van der Waals surface area contributed by atoms with Gasteiger partial charge in [0.25, 0.3) is 5.91 Å². The highest BCUT2D eigenvalue weighted by molar-refractivity contribution is 6.25. The van der Waals surface area contributed by atoms with Gasteiger partial charge in [0.05, 0.1) is 0 Å². The molecule has 23 heavy (non-hydrogen) atoms. The van der Waals surface area contributed by atoms with Crippen LogP contribution in [-0.4, -0.2) is 44.9 Å². The van der Waals surface area contributed by atoms with Crippen molar-refractivity contribution in [2.24, 2.45) is 0 Å². The van der Waals surface area contributed by atoms with E-state index in [1.54, 1.807) is 0 Å². The Balaban J connectivity index is 2.69. The molecule has 1 aromatic carbocycles. The van der Waals surface area contributed by atoms with E-state index < -0.39 is 35.6 Å². The zero-order valence-corrected chi connectivity index (χ0v) is 11.8. The molecule has 0 heterocycles. The Labute approximate surface area is 130 Å². The van der Waals surface area contributed by atoms with E-state index >= 15 is 0 Å². The summed E-state index contributed by atoms with van der Waals surface area (Å²) >= 11 is 0. The number of benzene rings is 1. The number of nitrogens with zero attached hydrogens (tertiary/aromatic N) is 2. The number of aliphatic hydroxyl groups excluding tert-OH is 1. The van der Waals surface area contributed by atoms with Crippen LogP contribution in [-0.2, 0) is 14.4 Å². The standard InChI is InChI=1S/C14H14FN3O5/c15-9-3-1-8(2-4-9)12(20)13(21)18-11(14(22)23)6-5-10(19)7-17-16/h1-4,7,11-12,20H,5-6H2,(H,18,21)(H,22,23)/t11-,12-/m0/s1. The summed E-state index contributed by atoms with van der Waals surface area (Å²) in [7, 11) is 0. The maximum absolute atomic E-state index is 12.8. The van der Waals surface area contributed by atoms with Gasteiger partial charge in [0.2, 0.25) is 5.78 Å². The van der Waals surface area contributed by atoms with Gasteiger partial charge < -0.3 is 21.1 Å². The highest BCUT2D eigenvalue weighted by Crippen LogP contribution is 2.14. The number of carbonyl (C=O) groups is 3. The zero-order valence-electron chi connectivity index (χ0n) is 11.8. The van der Waals surface area contributed by atoms with Crippen LogP contribution in [0.4, 0.5) is 4.39 Å². The van der Waals surface area contributed by atoms with Gasteiger partial charge in [-0.05, 0) is 24.1 Å². The fraction of sp³-hybridized carbons (Fsp3) is 0.286. The second-order valence-corrected chi connectivity index (χ2v) is 4.60. The molecule has 1 amide bonds. The van der Waals surface area contributed by atoms with E-state index in [4.69, 9.17) is 10.6 Å². The van der Waals surface area contributed by atoms with Crippen molar-refractivity contribution in [2.75, 3.05) is 0 Å². The van der Waals surface area contributed by atoms with E-state index in [-0.39, 0.29) is 18.4 Å². The van der Waals surface area contributed by atoms with Gasteiger partial charge in [0.15, 0.2) is 6.10 Å². The first-order valence-corrected chi connectivity index (χ1v) is 6.52. The van der Waals surface area contributed by atoms with Crippen molar-refractivity contribution < 1.29 is 33.8 Å². The lowest BCUT2D eigenvalue weighted by Crippen LogP contribution is -2.43. The van der Waals surface area contributed by atoms with Crippen LogP contribution >= 0.6 is 0 Å². The van der Waals surface area contributed by atoms with Gasteiger partial charge in [-0.1, -0.05) is 12.1 Å². The molecule has 0 radical (unpaired) electrons. The van der Waals surface area contributed by atoms with Crippen molar-refractivity contribution in [1.29, 1.82) is 0 Å². The minimum absolute atomic E-state index is 0.0940. The molecule has 1 aromatic rings. The molecule has 0 aliphatic heterocycles. The molecule has 0 saturated carbocycles. The van der Waals surface area contributed by atoms with Gasteiger partial charge in [0.1, 0.15) is 11.9 Å². The number of nitrogens with one attached hydrogen (secondary N) is 1. The lowest BCUT2D eigenvalue weighted by Gasteiger charge is -2.17. The number of ketones is 1. The molecule has 0 spiro atoms. The molecule has 3 N–H and O–H groups in total. The van der Waals surface area contributed by atoms with E-state index in [2.05, 4.69) is 10.1 Å².